The Balaban J connectivity index is 2.10. The number of hydrogen-bond donors (Lipinski definition) is 2. The van der Waals surface area contributed by atoms with Gasteiger partial charge < -0.3 is 15.7 Å². The maximum atomic E-state index is 11.1. The van der Waals surface area contributed by atoms with Gasteiger partial charge in [0.1, 0.15) is 5.82 Å². The Morgan fingerprint density at radius 1 is 1.53 bits per heavy atom. The van der Waals surface area contributed by atoms with E-state index in [0.717, 1.165) is 19.4 Å². The van der Waals surface area contributed by atoms with Gasteiger partial charge in [-0.3, -0.25) is 9.59 Å². The van der Waals surface area contributed by atoms with Crippen LogP contribution in [0.3, 0.4) is 0 Å². The van der Waals surface area contributed by atoms with Gasteiger partial charge >= 0.3 is 5.97 Å². The Morgan fingerprint density at radius 2 is 2.32 bits per heavy atom. The molecule has 3 N–H and O–H groups in total. The molecule has 1 amide bonds. The molecule has 0 radical (unpaired) electrons. The van der Waals surface area contributed by atoms with Crippen LogP contribution >= 0.6 is 0 Å². The van der Waals surface area contributed by atoms with Gasteiger partial charge in [0.2, 0.25) is 5.91 Å². The number of aromatic nitrogens is 1. The van der Waals surface area contributed by atoms with Crippen molar-refractivity contribution < 1.29 is 14.7 Å². The molecule has 0 spiro atoms. The van der Waals surface area contributed by atoms with E-state index in [-0.39, 0.29) is 12.3 Å². The fraction of sp³-hybridized carbons (Fsp3) is 0.462. The number of rotatable bonds is 4. The van der Waals surface area contributed by atoms with Gasteiger partial charge in [0, 0.05) is 31.3 Å². The van der Waals surface area contributed by atoms with E-state index in [1.54, 1.807) is 18.3 Å². The first-order valence-electron chi connectivity index (χ1n) is 6.29. The first-order chi connectivity index (χ1) is 9.06. The molecule has 1 aliphatic heterocycles. The second-order valence-corrected chi connectivity index (χ2v) is 4.82. The van der Waals surface area contributed by atoms with Crippen molar-refractivity contribution in [2.75, 3.05) is 18.0 Å². The normalized spacial score (nSPS) is 19.2. The summed E-state index contributed by atoms with van der Waals surface area (Å²) in [6.45, 7) is 1.48. The largest absolute Gasteiger partial charge is 0.481 e. The summed E-state index contributed by atoms with van der Waals surface area (Å²) < 4.78 is 0. The summed E-state index contributed by atoms with van der Waals surface area (Å²) in [6.07, 6.45) is 3.57. The van der Waals surface area contributed by atoms with E-state index in [9.17, 15) is 9.59 Å². The van der Waals surface area contributed by atoms with Crippen molar-refractivity contribution in [1.29, 1.82) is 0 Å². The molecule has 1 aromatic heterocycles. The Hall–Kier alpha value is -2.11. The predicted octanol–water partition coefficient (Wildman–Crippen LogP) is 0.872. The van der Waals surface area contributed by atoms with Gasteiger partial charge in [-0.25, -0.2) is 4.98 Å². The van der Waals surface area contributed by atoms with Crippen LogP contribution in [0.4, 0.5) is 5.82 Å². The Labute approximate surface area is 111 Å². The minimum atomic E-state index is -0.773. The van der Waals surface area contributed by atoms with Gasteiger partial charge in [0.05, 0.1) is 0 Å². The highest BCUT2D eigenvalue weighted by Gasteiger charge is 2.23. The third-order valence-electron chi connectivity index (χ3n) is 3.34. The lowest BCUT2D eigenvalue weighted by Crippen LogP contribution is -2.36. The van der Waals surface area contributed by atoms with Gasteiger partial charge in [0.15, 0.2) is 0 Å². The van der Waals surface area contributed by atoms with Crippen molar-refractivity contribution in [2.45, 2.75) is 19.3 Å². The number of carboxylic acid groups (broad SMARTS) is 1. The zero-order valence-electron chi connectivity index (χ0n) is 10.6. The van der Waals surface area contributed by atoms with E-state index in [4.69, 9.17) is 10.8 Å². The van der Waals surface area contributed by atoms with Gasteiger partial charge in [-0.05, 0) is 30.9 Å². The summed E-state index contributed by atoms with van der Waals surface area (Å²) in [6, 6.07) is 3.23. The number of amides is 1. The SMILES string of the molecule is NC(=O)c1ccnc(N2CCCC(CC(=O)O)C2)c1. The number of nitrogens with zero attached hydrogens (tertiary/aromatic N) is 2. The monoisotopic (exact) mass is 263 g/mol. The molecule has 0 saturated carbocycles. The standard InChI is InChI=1S/C13H17N3O3/c14-13(19)10-3-4-15-11(7-10)16-5-1-2-9(8-16)6-12(17)18/h3-4,7,9H,1-2,5-6,8H2,(H2,14,19)(H,17,18). The van der Waals surface area contributed by atoms with Gasteiger partial charge in [0.25, 0.3) is 0 Å². The van der Waals surface area contributed by atoms with E-state index in [0.29, 0.717) is 17.9 Å². The minimum Gasteiger partial charge on any atom is -0.481 e. The smallest absolute Gasteiger partial charge is 0.303 e. The van der Waals surface area contributed by atoms with Gasteiger partial charge in [-0.2, -0.15) is 0 Å². The van der Waals surface area contributed by atoms with Crippen molar-refractivity contribution in [3.8, 4) is 0 Å². The molecule has 1 atom stereocenters. The molecule has 6 heteroatoms. The van der Waals surface area contributed by atoms with Gasteiger partial charge in [-0.1, -0.05) is 0 Å². The number of carboxylic acids is 1. The van der Waals surface area contributed by atoms with Crippen LogP contribution in [0.5, 0.6) is 0 Å². The van der Waals surface area contributed by atoms with Crippen molar-refractivity contribution in [1.82, 2.24) is 4.98 Å². The van der Waals surface area contributed by atoms with Crippen LogP contribution in [0.2, 0.25) is 0 Å². The summed E-state index contributed by atoms with van der Waals surface area (Å²) in [5.41, 5.74) is 5.66. The van der Waals surface area contributed by atoms with E-state index >= 15 is 0 Å². The van der Waals surface area contributed by atoms with Gasteiger partial charge in [-0.15, -0.1) is 0 Å². The van der Waals surface area contributed by atoms with Crippen LogP contribution in [-0.2, 0) is 4.79 Å². The van der Waals surface area contributed by atoms with Crippen LogP contribution in [0.15, 0.2) is 18.3 Å². The minimum absolute atomic E-state index is 0.130. The van der Waals surface area contributed by atoms with E-state index in [1.807, 2.05) is 4.90 Å². The lowest BCUT2D eigenvalue weighted by molar-refractivity contribution is -0.138. The molecular weight excluding hydrogens is 246 g/mol. The lowest BCUT2D eigenvalue weighted by Gasteiger charge is -2.33. The number of carbonyl (C=O) groups excluding carboxylic acids is 1. The molecule has 1 aliphatic rings. The number of piperidine rings is 1. The second kappa shape index (κ2) is 5.69. The fourth-order valence-electron chi connectivity index (χ4n) is 2.43. The van der Waals surface area contributed by atoms with Crippen LogP contribution < -0.4 is 10.6 Å². The fourth-order valence-corrected chi connectivity index (χ4v) is 2.43. The number of anilines is 1. The van der Waals surface area contributed by atoms with Crippen molar-refractivity contribution >= 4 is 17.7 Å². The third-order valence-corrected chi connectivity index (χ3v) is 3.34. The number of aliphatic carboxylic acids is 1. The zero-order valence-corrected chi connectivity index (χ0v) is 10.6. The molecule has 0 bridgehead atoms. The number of hydrogen-bond acceptors (Lipinski definition) is 4. The van der Waals surface area contributed by atoms with Crippen LogP contribution in [-0.4, -0.2) is 35.1 Å². The molecular formula is C13H17N3O3. The molecule has 6 nitrogen and oxygen atoms in total. The average molecular weight is 263 g/mol. The molecule has 1 saturated heterocycles. The summed E-state index contributed by atoms with van der Waals surface area (Å²) >= 11 is 0. The number of primary amides is 1. The molecule has 1 aromatic rings. The third kappa shape index (κ3) is 3.43. The average Bonchev–Trinajstić information content (AvgIpc) is 2.38. The second-order valence-electron chi connectivity index (χ2n) is 4.82. The summed E-state index contributed by atoms with van der Waals surface area (Å²) in [5, 5.41) is 8.84. The highest BCUT2D eigenvalue weighted by Crippen LogP contribution is 2.24. The highest BCUT2D eigenvalue weighted by molar-refractivity contribution is 5.93. The molecule has 102 valence electrons. The molecule has 0 aromatic carbocycles. The van der Waals surface area contributed by atoms with E-state index < -0.39 is 11.9 Å². The van der Waals surface area contributed by atoms with Crippen molar-refractivity contribution in [2.24, 2.45) is 11.7 Å². The van der Waals surface area contributed by atoms with Crippen LogP contribution in [0.1, 0.15) is 29.6 Å². The quantitative estimate of drug-likeness (QED) is 0.840. The predicted molar refractivity (Wildman–Crippen MR) is 69.9 cm³/mol. The van der Waals surface area contributed by atoms with Crippen LogP contribution in [0, 0.1) is 5.92 Å². The van der Waals surface area contributed by atoms with E-state index in [2.05, 4.69) is 4.98 Å². The maximum absolute atomic E-state index is 11.1. The van der Waals surface area contributed by atoms with Crippen LogP contribution in [0.25, 0.3) is 0 Å². The summed E-state index contributed by atoms with van der Waals surface area (Å²) in [7, 11) is 0. The Morgan fingerprint density at radius 3 is 3.00 bits per heavy atom. The summed E-state index contributed by atoms with van der Waals surface area (Å²) in [4.78, 5) is 28.1. The maximum Gasteiger partial charge on any atom is 0.303 e. The first kappa shape index (κ1) is 13.3. The Kier molecular flexibility index (Phi) is 3.99. The molecule has 2 rings (SSSR count). The molecule has 2 heterocycles. The number of carbonyl (C=O) groups is 2. The first-order valence-corrected chi connectivity index (χ1v) is 6.29. The highest BCUT2D eigenvalue weighted by atomic mass is 16.4. The topological polar surface area (TPSA) is 96.5 Å². The molecule has 1 fully saturated rings. The van der Waals surface area contributed by atoms with Crippen molar-refractivity contribution in [3.63, 3.8) is 0 Å². The Bertz CT molecular complexity index is 490. The van der Waals surface area contributed by atoms with E-state index in [1.165, 1.54) is 0 Å². The molecule has 0 aliphatic carbocycles. The lowest BCUT2D eigenvalue weighted by atomic mass is 9.95. The zero-order chi connectivity index (χ0) is 13.8. The number of nitrogens with two attached hydrogens (primary N) is 1. The van der Waals surface area contributed by atoms with Crippen molar-refractivity contribution in [3.05, 3.63) is 23.9 Å². The molecule has 1 unspecified atom stereocenters. The summed E-state index contributed by atoms with van der Waals surface area (Å²) in [5.74, 6) is -0.440. The molecule has 19 heavy (non-hydrogen) atoms. The number of pyridine rings is 1.